The molecule has 7 rings (SSSR count). The zero-order chi connectivity index (χ0) is 36.5. The van der Waals surface area contributed by atoms with Gasteiger partial charge in [-0.2, -0.15) is 5.10 Å². The topological polar surface area (TPSA) is 133 Å². The quantitative estimate of drug-likeness (QED) is 0.242. The minimum Gasteiger partial charge on any atom is -0.496 e. The van der Waals surface area contributed by atoms with Gasteiger partial charge in [-0.3, -0.25) is 34.5 Å². The smallest absolute Gasteiger partial charge is 0.276 e. The molecule has 3 aliphatic rings. The van der Waals surface area contributed by atoms with Crippen LogP contribution >= 0.6 is 11.6 Å². The molecule has 0 spiro atoms. The molecule has 2 N–H and O–H groups in total. The number of nitrogens with zero attached hydrogens (tertiary/aromatic N) is 5. The number of aryl methyl sites for hydroxylation is 2. The summed E-state index contributed by atoms with van der Waals surface area (Å²) < 4.78 is 7.34. The Bertz CT molecular complexity index is 2060. The molecule has 12 nitrogen and oxygen atoms in total. The number of amides is 3. The first-order chi connectivity index (χ1) is 25.1. The summed E-state index contributed by atoms with van der Waals surface area (Å²) in [5.74, 6) is 0.771. The van der Waals surface area contributed by atoms with Crippen molar-refractivity contribution in [3.05, 3.63) is 74.8 Å². The predicted octanol–water partition coefficient (Wildman–Crippen LogP) is 4.45. The number of carbonyl (C=O) groups is 3. The molecule has 0 saturated carbocycles. The zero-order valence-corrected chi connectivity index (χ0v) is 30.8. The molecule has 1 unspecified atom stereocenters. The number of nitrogens with one attached hydrogen (secondary N) is 2. The lowest BCUT2D eigenvalue weighted by molar-refractivity contribution is -0.136. The molecule has 1 atom stereocenters. The maximum Gasteiger partial charge on any atom is 0.276 e. The van der Waals surface area contributed by atoms with E-state index in [9.17, 15) is 19.2 Å². The fourth-order valence-corrected chi connectivity index (χ4v) is 8.30. The summed E-state index contributed by atoms with van der Waals surface area (Å²) in [5, 5.41) is 10.7. The van der Waals surface area contributed by atoms with Gasteiger partial charge >= 0.3 is 0 Å². The number of pyridine rings is 1. The highest BCUT2D eigenvalue weighted by Gasteiger charge is 2.29. The van der Waals surface area contributed by atoms with Crippen molar-refractivity contribution < 1.29 is 19.1 Å². The van der Waals surface area contributed by atoms with Crippen molar-refractivity contribution in [2.75, 3.05) is 51.3 Å². The van der Waals surface area contributed by atoms with Gasteiger partial charge in [-0.05, 0) is 73.4 Å². The van der Waals surface area contributed by atoms with Crippen molar-refractivity contribution in [3.8, 4) is 16.9 Å². The highest BCUT2D eigenvalue weighted by atomic mass is 35.5. The number of aromatic amines is 1. The predicted molar refractivity (Wildman–Crippen MR) is 201 cm³/mol. The monoisotopic (exact) mass is 727 g/mol. The number of piperidine rings is 2. The molecule has 13 heteroatoms. The van der Waals surface area contributed by atoms with Crippen molar-refractivity contribution in [2.24, 2.45) is 18.9 Å². The lowest BCUT2D eigenvalue weighted by Crippen LogP contribution is -2.49. The Balaban J connectivity index is 0.897. The number of rotatable bonds is 9. The number of ether oxygens (including phenoxy) is 1. The summed E-state index contributed by atoms with van der Waals surface area (Å²) in [6.45, 7) is 7.40. The zero-order valence-electron chi connectivity index (χ0n) is 30.0. The number of anilines is 1. The Morgan fingerprint density at radius 1 is 1.02 bits per heavy atom. The number of piperazine rings is 1. The molecule has 0 radical (unpaired) electrons. The SMILES string of the molecule is COc1cc(-c2cn(C)c(=O)c3[nH]ncc23)cc(Cl)c1CN1CCN(C(=O)CC2CCN(c3ccc(CC4CCC(=O)NC4=O)cc3C)CC2)CC1. The van der Waals surface area contributed by atoms with E-state index in [0.29, 0.717) is 67.5 Å². The van der Waals surface area contributed by atoms with Gasteiger partial charge in [0.2, 0.25) is 17.7 Å². The first kappa shape index (κ1) is 35.7. The molecule has 3 aliphatic heterocycles. The Morgan fingerprint density at radius 2 is 1.79 bits per heavy atom. The molecular formula is C39H46ClN7O5. The van der Waals surface area contributed by atoms with E-state index >= 15 is 0 Å². The molecule has 274 valence electrons. The van der Waals surface area contributed by atoms with E-state index in [-0.39, 0.29) is 29.2 Å². The second-order valence-electron chi connectivity index (χ2n) is 14.5. The number of aromatic nitrogens is 3. The lowest BCUT2D eigenvalue weighted by atomic mass is 9.90. The first-order valence-corrected chi connectivity index (χ1v) is 18.5. The summed E-state index contributed by atoms with van der Waals surface area (Å²) in [6, 6.07) is 10.3. The van der Waals surface area contributed by atoms with E-state index in [2.05, 4.69) is 50.4 Å². The number of fused-ring (bicyclic) bond motifs is 1. The van der Waals surface area contributed by atoms with Gasteiger partial charge < -0.3 is 19.1 Å². The summed E-state index contributed by atoms with van der Waals surface area (Å²) in [6.07, 6.45) is 7.62. The van der Waals surface area contributed by atoms with Gasteiger partial charge in [0.15, 0.2) is 0 Å². The Morgan fingerprint density at radius 3 is 2.50 bits per heavy atom. The molecule has 2 aromatic heterocycles. The van der Waals surface area contributed by atoms with Crippen LogP contribution in [-0.2, 0) is 34.4 Å². The van der Waals surface area contributed by atoms with Gasteiger partial charge in [-0.1, -0.05) is 23.7 Å². The van der Waals surface area contributed by atoms with Crippen molar-refractivity contribution in [1.82, 2.24) is 29.9 Å². The van der Waals surface area contributed by atoms with Crippen molar-refractivity contribution in [1.29, 1.82) is 0 Å². The van der Waals surface area contributed by atoms with Crippen LogP contribution in [0.1, 0.15) is 48.8 Å². The number of hydrogen-bond donors (Lipinski definition) is 2. The normalized spacial score (nSPS) is 19.0. The fraction of sp³-hybridized carbons (Fsp3) is 0.462. The average Bonchev–Trinajstić information content (AvgIpc) is 3.63. The maximum absolute atomic E-state index is 13.4. The van der Waals surface area contributed by atoms with Gasteiger partial charge in [0.05, 0.1) is 13.3 Å². The maximum atomic E-state index is 13.4. The second-order valence-corrected chi connectivity index (χ2v) is 14.9. The average molecular weight is 728 g/mol. The number of imide groups is 1. The van der Waals surface area contributed by atoms with Gasteiger partial charge in [-0.15, -0.1) is 0 Å². The molecule has 5 heterocycles. The van der Waals surface area contributed by atoms with E-state index in [1.165, 1.54) is 15.8 Å². The van der Waals surface area contributed by atoms with Gasteiger partial charge in [0.25, 0.3) is 5.56 Å². The highest BCUT2D eigenvalue weighted by Crippen LogP contribution is 2.37. The first-order valence-electron chi connectivity index (χ1n) is 18.2. The molecule has 0 bridgehead atoms. The van der Waals surface area contributed by atoms with E-state index < -0.39 is 0 Å². The van der Waals surface area contributed by atoms with Crippen LogP contribution in [0, 0.1) is 18.8 Å². The molecule has 2 aromatic carbocycles. The van der Waals surface area contributed by atoms with Crippen LogP contribution in [0.15, 0.2) is 47.5 Å². The van der Waals surface area contributed by atoms with Crippen molar-refractivity contribution in [3.63, 3.8) is 0 Å². The number of halogens is 1. The number of methoxy groups -OCH3 is 1. The van der Waals surface area contributed by atoms with Crippen molar-refractivity contribution >= 4 is 45.9 Å². The largest absolute Gasteiger partial charge is 0.496 e. The van der Waals surface area contributed by atoms with Gasteiger partial charge in [0.1, 0.15) is 11.3 Å². The third-order valence-corrected chi connectivity index (χ3v) is 11.4. The van der Waals surface area contributed by atoms with Gasteiger partial charge in [0, 0.05) is 105 Å². The molecule has 3 fully saturated rings. The van der Waals surface area contributed by atoms with E-state index in [4.69, 9.17) is 16.3 Å². The molecule has 0 aliphatic carbocycles. The summed E-state index contributed by atoms with van der Waals surface area (Å²) in [7, 11) is 3.35. The molecule has 4 aromatic rings. The molecular weight excluding hydrogens is 682 g/mol. The third kappa shape index (κ3) is 7.45. The van der Waals surface area contributed by atoms with Crippen LogP contribution in [0.3, 0.4) is 0 Å². The summed E-state index contributed by atoms with van der Waals surface area (Å²) in [4.78, 5) is 56.4. The van der Waals surface area contributed by atoms with E-state index in [1.807, 2.05) is 17.0 Å². The number of benzene rings is 2. The van der Waals surface area contributed by atoms with Crippen LogP contribution in [0.5, 0.6) is 5.75 Å². The summed E-state index contributed by atoms with van der Waals surface area (Å²) >= 11 is 6.89. The van der Waals surface area contributed by atoms with Crippen LogP contribution in [0.4, 0.5) is 5.69 Å². The van der Waals surface area contributed by atoms with E-state index in [0.717, 1.165) is 66.7 Å². The standard InChI is InChI=1S/C39H46ClN7O5/c1-24-16-26(17-27-5-7-35(48)42-38(27)50)4-6-33(24)46-10-8-25(9-11-46)18-36(49)47-14-12-45(13-15-47)23-31-32(40)19-28(20-34(31)52-3)30-22-44(2)39(51)37-29(30)21-41-43-37/h4,6,16,19-22,25,27H,5,7-15,17-18,23H2,1-3H3,(H,41,43)(H,42,48,50). The molecule has 52 heavy (non-hydrogen) atoms. The Hall–Kier alpha value is -4.68. The number of H-pyrrole nitrogens is 1. The Labute approximate surface area is 308 Å². The van der Waals surface area contributed by atoms with E-state index in [1.54, 1.807) is 26.6 Å². The molecule has 3 saturated heterocycles. The van der Waals surface area contributed by atoms with Gasteiger partial charge in [-0.25, -0.2) is 0 Å². The Kier molecular flexibility index (Phi) is 10.4. The fourth-order valence-electron chi connectivity index (χ4n) is 8.03. The van der Waals surface area contributed by atoms with Crippen LogP contribution in [0.25, 0.3) is 22.0 Å². The van der Waals surface area contributed by atoms with Crippen LogP contribution < -0.4 is 20.5 Å². The molecule has 3 amide bonds. The van der Waals surface area contributed by atoms with Crippen LogP contribution in [-0.4, -0.2) is 88.7 Å². The van der Waals surface area contributed by atoms with Crippen molar-refractivity contribution in [2.45, 2.75) is 52.0 Å². The van der Waals surface area contributed by atoms with Crippen LogP contribution in [0.2, 0.25) is 5.02 Å². The third-order valence-electron chi connectivity index (χ3n) is 11.1. The summed E-state index contributed by atoms with van der Waals surface area (Å²) in [5.41, 5.74) is 6.38. The second kappa shape index (κ2) is 15.1. The minimum absolute atomic E-state index is 0.145. The number of carbonyl (C=O) groups excluding carboxylic acids is 3. The number of hydrogen-bond acceptors (Lipinski definition) is 8. The minimum atomic E-state index is -0.180. The lowest BCUT2D eigenvalue weighted by Gasteiger charge is -2.37. The highest BCUT2D eigenvalue weighted by molar-refractivity contribution is 6.32.